The van der Waals surface area contributed by atoms with Gasteiger partial charge in [-0.25, -0.2) is 4.68 Å². The van der Waals surface area contributed by atoms with Crippen LogP contribution in [0.1, 0.15) is 18.2 Å². The van der Waals surface area contributed by atoms with Crippen molar-refractivity contribution in [1.82, 2.24) is 19.6 Å². The average molecular weight is 410 g/mol. The minimum Gasteiger partial charge on any atom is -0.497 e. The van der Waals surface area contributed by atoms with E-state index >= 15 is 0 Å². The van der Waals surface area contributed by atoms with Crippen LogP contribution in [0.15, 0.2) is 35.3 Å². The monoisotopic (exact) mass is 410 g/mol. The van der Waals surface area contributed by atoms with E-state index in [1.54, 1.807) is 31.2 Å². The van der Waals surface area contributed by atoms with Crippen LogP contribution in [0.5, 0.6) is 5.75 Å². The molecule has 2 heterocycles. The predicted molar refractivity (Wildman–Crippen MR) is 95.5 cm³/mol. The Kier molecular flexibility index (Phi) is 5.57. The third kappa shape index (κ3) is 4.23. The van der Waals surface area contributed by atoms with Crippen LogP contribution in [-0.2, 0) is 28.8 Å². The molecule has 0 saturated carbocycles. The number of ether oxygens (including phenoxy) is 2. The van der Waals surface area contributed by atoms with Gasteiger partial charge in [0.25, 0.3) is 5.56 Å². The van der Waals surface area contributed by atoms with Crippen molar-refractivity contribution in [3.8, 4) is 5.75 Å². The van der Waals surface area contributed by atoms with Crippen molar-refractivity contribution in [3.05, 3.63) is 52.1 Å². The van der Waals surface area contributed by atoms with Crippen LogP contribution in [0.4, 0.5) is 13.2 Å². The van der Waals surface area contributed by atoms with Gasteiger partial charge < -0.3 is 9.47 Å². The summed E-state index contributed by atoms with van der Waals surface area (Å²) in [7, 11) is 1.50. The van der Waals surface area contributed by atoms with E-state index in [9.17, 15) is 22.8 Å². The van der Waals surface area contributed by atoms with Gasteiger partial charge in [-0.05, 0) is 24.6 Å². The number of rotatable bonds is 6. The van der Waals surface area contributed by atoms with Gasteiger partial charge in [0, 0.05) is 0 Å². The van der Waals surface area contributed by atoms with Crippen LogP contribution in [0.3, 0.4) is 0 Å². The molecule has 154 valence electrons. The molecule has 0 atom stereocenters. The van der Waals surface area contributed by atoms with E-state index in [2.05, 4.69) is 10.2 Å². The SMILES string of the molecule is CCOC(=O)Cn1nc(C(F)(F)F)c2c(=O)n(Cc3ccc(OC)cc3)ncc21. The van der Waals surface area contributed by atoms with Crippen molar-refractivity contribution in [1.29, 1.82) is 0 Å². The van der Waals surface area contributed by atoms with Crippen molar-refractivity contribution < 1.29 is 27.4 Å². The summed E-state index contributed by atoms with van der Waals surface area (Å²) >= 11 is 0. The molecule has 8 nitrogen and oxygen atoms in total. The minimum atomic E-state index is -4.88. The number of benzene rings is 1. The second-order valence-corrected chi connectivity index (χ2v) is 6.02. The molecule has 0 amide bonds. The fourth-order valence-electron chi connectivity index (χ4n) is 2.79. The van der Waals surface area contributed by atoms with Gasteiger partial charge in [-0.2, -0.15) is 23.4 Å². The molecule has 11 heteroatoms. The summed E-state index contributed by atoms with van der Waals surface area (Å²) in [5.41, 5.74) is -1.87. The lowest BCUT2D eigenvalue weighted by atomic mass is 10.2. The fraction of sp³-hybridized carbons (Fsp3) is 0.333. The molecule has 0 bridgehead atoms. The van der Waals surface area contributed by atoms with Gasteiger partial charge in [-0.1, -0.05) is 12.1 Å². The molecule has 29 heavy (non-hydrogen) atoms. The Morgan fingerprint density at radius 3 is 2.45 bits per heavy atom. The molecule has 0 aliphatic heterocycles. The number of aromatic nitrogens is 4. The van der Waals surface area contributed by atoms with Gasteiger partial charge in [0.15, 0.2) is 5.69 Å². The van der Waals surface area contributed by atoms with Crippen LogP contribution < -0.4 is 10.3 Å². The second-order valence-electron chi connectivity index (χ2n) is 6.02. The van der Waals surface area contributed by atoms with Gasteiger partial charge in [0.1, 0.15) is 17.7 Å². The number of fused-ring (bicyclic) bond motifs is 1. The summed E-state index contributed by atoms with van der Waals surface area (Å²) in [6.07, 6.45) is -3.79. The Hall–Kier alpha value is -3.37. The number of hydrogen-bond donors (Lipinski definition) is 0. The van der Waals surface area contributed by atoms with Gasteiger partial charge in [0.2, 0.25) is 0 Å². The van der Waals surface area contributed by atoms with Crippen LogP contribution in [0.2, 0.25) is 0 Å². The molecule has 3 aromatic rings. The van der Waals surface area contributed by atoms with Crippen molar-refractivity contribution in [2.45, 2.75) is 26.2 Å². The first kappa shape index (κ1) is 20.4. The third-order valence-electron chi connectivity index (χ3n) is 4.10. The highest BCUT2D eigenvalue weighted by Gasteiger charge is 2.38. The molecule has 0 unspecified atom stereocenters. The molecule has 0 saturated heterocycles. The van der Waals surface area contributed by atoms with Crippen LogP contribution in [-0.4, -0.2) is 39.2 Å². The van der Waals surface area contributed by atoms with Crippen molar-refractivity contribution in [2.75, 3.05) is 13.7 Å². The highest BCUT2D eigenvalue weighted by atomic mass is 19.4. The lowest BCUT2D eigenvalue weighted by Crippen LogP contribution is -2.25. The number of nitrogens with zero attached hydrogens (tertiary/aromatic N) is 4. The fourth-order valence-corrected chi connectivity index (χ4v) is 2.79. The Morgan fingerprint density at radius 2 is 1.86 bits per heavy atom. The zero-order valence-corrected chi connectivity index (χ0v) is 15.6. The van der Waals surface area contributed by atoms with Crippen LogP contribution >= 0.6 is 0 Å². The Bertz CT molecular complexity index is 1090. The third-order valence-corrected chi connectivity index (χ3v) is 4.10. The first-order valence-corrected chi connectivity index (χ1v) is 8.57. The molecule has 0 N–H and O–H groups in total. The molecule has 3 rings (SSSR count). The van der Waals surface area contributed by atoms with Gasteiger partial charge in [-0.15, -0.1) is 0 Å². The van der Waals surface area contributed by atoms with E-state index in [4.69, 9.17) is 9.47 Å². The average Bonchev–Trinajstić information content (AvgIpc) is 3.04. The largest absolute Gasteiger partial charge is 0.497 e. The first-order chi connectivity index (χ1) is 13.7. The van der Waals surface area contributed by atoms with E-state index in [-0.39, 0.29) is 18.7 Å². The van der Waals surface area contributed by atoms with Crippen molar-refractivity contribution in [2.24, 2.45) is 0 Å². The van der Waals surface area contributed by atoms with E-state index in [0.717, 1.165) is 15.6 Å². The maximum absolute atomic E-state index is 13.5. The Balaban J connectivity index is 2.07. The summed E-state index contributed by atoms with van der Waals surface area (Å²) in [5.74, 6) is -0.169. The number of halogens is 3. The standard InChI is InChI=1S/C18H17F3N4O4/c1-3-29-14(26)10-24-13-8-22-25(9-11-4-6-12(28-2)7-5-11)17(27)15(13)16(23-24)18(19,20)21/h4-8H,3,9-10H2,1-2H3. The molecule has 1 aromatic carbocycles. The maximum atomic E-state index is 13.5. The predicted octanol–water partition coefficient (Wildman–Crippen LogP) is 2.23. The van der Waals surface area contributed by atoms with E-state index in [1.807, 2.05) is 0 Å². The number of carbonyl (C=O) groups excluding carboxylic acids is 1. The van der Waals surface area contributed by atoms with Gasteiger partial charge >= 0.3 is 12.1 Å². The van der Waals surface area contributed by atoms with Crippen LogP contribution in [0, 0.1) is 0 Å². The number of methoxy groups -OCH3 is 1. The zero-order chi connectivity index (χ0) is 21.2. The second kappa shape index (κ2) is 7.94. The van der Waals surface area contributed by atoms with E-state index < -0.39 is 35.3 Å². The molecule has 0 aliphatic carbocycles. The summed E-state index contributed by atoms with van der Waals surface area (Å²) in [6.45, 7) is 1.03. The van der Waals surface area contributed by atoms with Crippen molar-refractivity contribution >= 4 is 16.9 Å². The normalized spacial score (nSPS) is 11.6. The van der Waals surface area contributed by atoms with Gasteiger partial charge in [0.05, 0.1) is 32.0 Å². The topological polar surface area (TPSA) is 88.2 Å². The summed E-state index contributed by atoms with van der Waals surface area (Å²) < 4.78 is 51.9. The summed E-state index contributed by atoms with van der Waals surface area (Å²) in [5, 5.41) is 6.73. The maximum Gasteiger partial charge on any atom is 0.435 e. The number of alkyl halides is 3. The summed E-state index contributed by atoms with van der Waals surface area (Å²) in [6, 6.07) is 6.67. The molecule has 0 radical (unpaired) electrons. The van der Waals surface area contributed by atoms with E-state index in [1.165, 1.54) is 7.11 Å². The Labute approximate surface area is 162 Å². The van der Waals surface area contributed by atoms with Crippen molar-refractivity contribution in [3.63, 3.8) is 0 Å². The lowest BCUT2D eigenvalue weighted by Gasteiger charge is -2.07. The molecule has 0 aliphatic rings. The molecule has 0 fully saturated rings. The van der Waals surface area contributed by atoms with Gasteiger partial charge in [-0.3, -0.25) is 14.3 Å². The molecule has 0 spiro atoms. The molecular weight excluding hydrogens is 393 g/mol. The van der Waals surface area contributed by atoms with E-state index in [0.29, 0.717) is 11.3 Å². The number of carbonyl (C=O) groups is 1. The quantitative estimate of drug-likeness (QED) is 0.579. The highest BCUT2D eigenvalue weighted by Crippen LogP contribution is 2.32. The number of esters is 1. The molecular formula is C18H17F3N4O4. The van der Waals surface area contributed by atoms with Crippen LogP contribution in [0.25, 0.3) is 10.9 Å². The minimum absolute atomic E-state index is 0.0425. The molecule has 2 aromatic heterocycles. The smallest absolute Gasteiger partial charge is 0.435 e. The number of hydrogen-bond acceptors (Lipinski definition) is 6. The Morgan fingerprint density at radius 1 is 1.17 bits per heavy atom. The zero-order valence-electron chi connectivity index (χ0n) is 15.6. The lowest BCUT2D eigenvalue weighted by molar-refractivity contribution is -0.145. The first-order valence-electron chi connectivity index (χ1n) is 8.57. The highest BCUT2D eigenvalue weighted by molar-refractivity contribution is 5.82. The summed E-state index contributed by atoms with van der Waals surface area (Å²) in [4.78, 5) is 24.4.